The minimum absolute atomic E-state index is 0.0720. The average Bonchev–Trinajstić information content (AvgIpc) is 3.17. The molecule has 1 fully saturated rings. The number of aryl methyl sites for hydroxylation is 1. The first kappa shape index (κ1) is 21.9. The summed E-state index contributed by atoms with van der Waals surface area (Å²) < 4.78 is 19.3. The third kappa shape index (κ3) is 4.78. The minimum atomic E-state index is -0.342. The first-order valence-corrected chi connectivity index (χ1v) is 11.2. The van der Waals surface area contributed by atoms with E-state index < -0.39 is 0 Å². The number of nitrogens with zero attached hydrogens (tertiary/aromatic N) is 1. The molecule has 7 heteroatoms. The zero-order chi connectivity index (χ0) is 22.7. The highest BCUT2D eigenvalue weighted by atomic mass is 32.2. The standard InChI is InChI=1S/C25H23FN2O3S/c1-16-6-9-20(14-22(16)26)28-24(30)15-32-25(28)18-4-3-5-19(13-18)27-23(29)12-17-7-10-21(31-2)11-8-17/h3-11,13-14,25H,12,15H2,1-2H3,(H,27,29). The summed E-state index contributed by atoms with van der Waals surface area (Å²) >= 11 is 1.48. The second kappa shape index (κ2) is 9.44. The molecular formula is C25H23FN2O3S. The summed E-state index contributed by atoms with van der Waals surface area (Å²) in [5, 5.41) is 2.63. The number of nitrogens with one attached hydrogen (secondary N) is 1. The Hall–Kier alpha value is -3.32. The van der Waals surface area contributed by atoms with Crippen molar-refractivity contribution in [3.05, 3.63) is 89.2 Å². The van der Waals surface area contributed by atoms with Gasteiger partial charge in [0.05, 0.1) is 19.3 Å². The second-order valence-corrected chi connectivity index (χ2v) is 8.63. The predicted octanol–water partition coefficient (Wildman–Crippen LogP) is 5.10. The van der Waals surface area contributed by atoms with Crippen molar-refractivity contribution in [2.75, 3.05) is 23.1 Å². The molecule has 5 nitrogen and oxygen atoms in total. The molecule has 0 spiro atoms. The van der Waals surface area contributed by atoms with Gasteiger partial charge in [-0.2, -0.15) is 0 Å². The van der Waals surface area contributed by atoms with Crippen molar-refractivity contribution < 1.29 is 18.7 Å². The largest absolute Gasteiger partial charge is 0.497 e. The van der Waals surface area contributed by atoms with Crippen molar-refractivity contribution in [2.24, 2.45) is 0 Å². The number of halogens is 1. The lowest BCUT2D eigenvalue weighted by atomic mass is 10.1. The van der Waals surface area contributed by atoms with E-state index in [4.69, 9.17) is 4.74 Å². The van der Waals surface area contributed by atoms with Crippen LogP contribution in [0, 0.1) is 12.7 Å². The Kier molecular flexibility index (Phi) is 6.46. The molecule has 0 bridgehead atoms. The summed E-state index contributed by atoms with van der Waals surface area (Å²) in [4.78, 5) is 26.7. The number of hydrogen-bond donors (Lipinski definition) is 1. The first-order valence-electron chi connectivity index (χ1n) is 10.2. The van der Waals surface area contributed by atoms with E-state index in [9.17, 15) is 14.0 Å². The number of carbonyl (C=O) groups excluding carboxylic acids is 2. The molecule has 1 saturated heterocycles. The van der Waals surface area contributed by atoms with E-state index in [0.29, 0.717) is 22.7 Å². The number of amides is 2. The molecule has 0 aliphatic carbocycles. The quantitative estimate of drug-likeness (QED) is 0.568. The Balaban J connectivity index is 1.50. The molecule has 3 aromatic rings. The lowest BCUT2D eigenvalue weighted by Crippen LogP contribution is -2.28. The van der Waals surface area contributed by atoms with Crippen LogP contribution in [0.2, 0.25) is 0 Å². The van der Waals surface area contributed by atoms with Crippen molar-refractivity contribution in [1.29, 1.82) is 0 Å². The van der Waals surface area contributed by atoms with E-state index in [1.165, 1.54) is 17.8 Å². The molecule has 4 rings (SSSR count). The summed E-state index contributed by atoms with van der Waals surface area (Å²) in [6, 6.07) is 19.6. The van der Waals surface area contributed by atoms with Crippen LogP contribution in [0.25, 0.3) is 0 Å². The molecule has 1 atom stereocenters. The Labute approximate surface area is 190 Å². The van der Waals surface area contributed by atoms with Gasteiger partial charge in [-0.15, -0.1) is 11.8 Å². The van der Waals surface area contributed by atoms with Gasteiger partial charge in [-0.25, -0.2) is 4.39 Å². The molecule has 1 aliphatic heterocycles. The lowest BCUT2D eigenvalue weighted by Gasteiger charge is -2.25. The molecule has 2 amide bonds. The number of thioether (sulfide) groups is 1. The van der Waals surface area contributed by atoms with Crippen molar-refractivity contribution >= 4 is 35.0 Å². The monoisotopic (exact) mass is 450 g/mol. The van der Waals surface area contributed by atoms with Crippen LogP contribution in [0.3, 0.4) is 0 Å². The van der Waals surface area contributed by atoms with Gasteiger partial charge in [-0.05, 0) is 60.0 Å². The fourth-order valence-electron chi connectivity index (χ4n) is 3.59. The minimum Gasteiger partial charge on any atom is -0.497 e. The van der Waals surface area contributed by atoms with Gasteiger partial charge in [0.25, 0.3) is 0 Å². The number of carbonyl (C=O) groups is 2. The molecule has 32 heavy (non-hydrogen) atoms. The van der Waals surface area contributed by atoms with Gasteiger partial charge < -0.3 is 10.1 Å². The van der Waals surface area contributed by atoms with E-state index in [1.807, 2.05) is 48.5 Å². The summed E-state index contributed by atoms with van der Waals surface area (Å²) in [7, 11) is 1.60. The molecular weight excluding hydrogens is 427 g/mol. The Morgan fingerprint density at radius 2 is 1.94 bits per heavy atom. The van der Waals surface area contributed by atoms with Crippen molar-refractivity contribution in [1.82, 2.24) is 0 Å². The van der Waals surface area contributed by atoms with Gasteiger partial charge in [0.15, 0.2) is 0 Å². The Morgan fingerprint density at radius 3 is 2.66 bits per heavy atom. The second-order valence-electron chi connectivity index (χ2n) is 7.56. The number of methoxy groups -OCH3 is 1. The van der Waals surface area contributed by atoms with Crippen LogP contribution in [0.15, 0.2) is 66.7 Å². The number of rotatable bonds is 6. The molecule has 164 valence electrons. The number of hydrogen-bond acceptors (Lipinski definition) is 4. The zero-order valence-corrected chi connectivity index (χ0v) is 18.6. The fourth-order valence-corrected chi connectivity index (χ4v) is 4.75. The van der Waals surface area contributed by atoms with Crippen molar-refractivity contribution in [3.8, 4) is 5.75 Å². The Morgan fingerprint density at radius 1 is 1.16 bits per heavy atom. The highest BCUT2D eigenvalue weighted by Crippen LogP contribution is 2.42. The van der Waals surface area contributed by atoms with E-state index in [2.05, 4.69) is 5.32 Å². The van der Waals surface area contributed by atoms with Crippen LogP contribution in [0.4, 0.5) is 15.8 Å². The molecule has 0 radical (unpaired) electrons. The molecule has 1 aliphatic rings. The van der Waals surface area contributed by atoms with Crippen molar-refractivity contribution in [3.63, 3.8) is 0 Å². The maximum absolute atomic E-state index is 14.1. The number of anilines is 2. The van der Waals surface area contributed by atoms with E-state index >= 15 is 0 Å². The highest BCUT2D eigenvalue weighted by Gasteiger charge is 2.34. The number of ether oxygens (including phenoxy) is 1. The SMILES string of the molecule is COc1ccc(CC(=O)Nc2cccc(C3SCC(=O)N3c3ccc(C)c(F)c3)c2)cc1. The summed E-state index contributed by atoms with van der Waals surface area (Å²) in [5.74, 6) is 0.500. The van der Waals surface area contributed by atoms with Gasteiger partial charge in [-0.1, -0.05) is 30.3 Å². The van der Waals surface area contributed by atoms with E-state index in [0.717, 1.165) is 16.9 Å². The lowest BCUT2D eigenvalue weighted by molar-refractivity contribution is -0.116. The number of benzene rings is 3. The van der Waals surface area contributed by atoms with Gasteiger partial charge in [-0.3, -0.25) is 14.5 Å². The maximum atomic E-state index is 14.1. The third-order valence-electron chi connectivity index (χ3n) is 5.28. The van der Waals surface area contributed by atoms with Gasteiger partial charge in [0, 0.05) is 11.4 Å². The molecule has 1 heterocycles. The average molecular weight is 451 g/mol. The summed E-state index contributed by atoms with van der Waals surface area (Å²) in [5.41, 5.74) is 3.46. The van der Waals surface area contributed by atoms with E-state index in [1.54, 1.807) is 31.1 Å². The first-order chi connectivity index (χ1) is 15.4. The van der Waals surface area contributed by atoms with Gasteiger partial charge in [0.2, 0.25) is 11.8 Å². The fraction of sp³-hybridized carbons (Fsp3) is 0.200. The van der Waals surface area contributed by atoms with Crippen LogP contribution < -0.4 is 15.0 Å². The normalized spacial score (nSPS) is 15.7. The molecule has 0 saturated carbocycles. The predicted molar refractivity (Wildman–Crippen MR) is 126 cm³/mol. The third-order valence-corrected chi connectivity index (χ3v) is 6.49. The van der Waals surface area contributed by atoms with Crippen LogP contribution in [-0.4, -0.2) is 24.7 Å². The zero-order valence-electron chi connectivity index (χ0n) is 17.8. The maximum Gasteiger partial charge on any atom is 0.238 e. The molecule has 1 N–H and O–H groups in total. The molecule has 3 aromatic carbocycles. The summed E-state index contributed by atoms with van der Waals surface area (Å²) in [6.45, 7) is 1.69. The van der Waals surface area contributed by atoms with Gasteiger partial charge in [0.1, 0.15) is 16.9 Å². The van der Waals surface area contributed by atoms with Gasteiger partial charge >= 0.3 is 0 Å². The van der Waals surface area contributed by atoms with Crippen LogP contribution in [0.5, 0.6) is 5.75 Å². The molecule has 0 aromatic heterocycles. The van der Waals surface area contributed by atoms with Crippen LogP contribution in [-0.2, 0) is 16.0 Å². The van der Waals surface area contributed by atoms with Crippen LogP contribution in [0.1, 0.15) is 22.1 Å². The summed E-state index contributed by atoms with van der Waals surface area (Å²) in [6.07, 6.45) is 0.236. The van der Waals surface area contributed by atoms with Crippen LogP contribution >= 0.6 is 11.8 Å². The van der Waals surface area contributed by atoms with Crippen molar-refractivity contribution in [2.45, 2.75) is 18.7 Å². The molecule has 1 unspecified atom stereocenters. The van der Waals surface area contributed by atoms with E-state index in [-0.39, 0.29) is 29.4 Å². The Bertz CT molecular complexity index is 1150. The highest BCUT2D eigenvalue weighted by molar-refractivity contribution is 8.00. The topological polar surface area (TPSA) is 58.6 Å². The smallest absolute Gasteiger partial charge is 0.238 e.